The minimum Gasteiger partial charge on any atom is -0.497 e. The van der Waals surface area contributed by atoms with E-state index in [4.69, 9.17) is 18.9 Å². The molecule has 6 nitrogen and oxygen atoms in total. The molecule has 0 spiro atoms. The SMILES string of the molecule is COc1ccc(C(=O)NCc2ccc(OCC3CCCO3)c(OC)c2)c(F)c1. The molecule has 0 bridgehead atoms. The number of carbonyl (C=O) groups is 1. The molecule has 2 aromatic rings. The summed E-state index contributed by atoms with van der Waals surface area (Å²) >= 11 is 0. The molecule has 1 heterocycles. The van der Waals surface area contributed by atoms with Crippen molar-refractivity contribution in [3.8, 4) is 17.2 Å². The molecular weight excluding hydrogens is 365 g/mol. The Morgan fingerprint density at radius 2 is 2.04 bits per heavy atom. The third-order valence-corrected chi connectivity index (χ3v) is 4.55. The number of ether oxygens (including phenoxy) is 4. The number of amides is 1. The average Bonchev–Trinajstić information content (AvgIpc) is 3.24. The quantitative estimate of drug-likeness (QED) is 0.750. The first-order valence-electron chi connectivity index (χ1n) is 9.13. The highest BCUT2D eigenvalue weighted by molar-refractivity contribution is 5.94. The highest BCUT2D eigenvalue weighted by Crippen LogP contribution is 2.29. The molecule has 1 aliphatic heterocycles. The van der Waals surface area contributed by atoms with Gasteiger partial charge in [-0.15, -0.1) is 0 Å². The highest BCUT2D eigenvalue weighted by atomic mass is 19.1. The van der Waals surface area contributed by atoms with Crippen LogP contribution in [-0.2, 0) is 11.3 Å². The number of methoxy groups -OCH3 is 2. The van der Waals surface area contributed by atoms with Gasteiger partial charge >= 0.3 is 0 Å². The molecule has 1 atom stereocenters. The number of benzene rings is 2. The van der Waals surface area contributed by atoms with Crippen LogP contribution >= 0.6 is 0 Å². The summed E-state index contributed by atoms with van der Waals surface area (Å²) in [6.07, 6.45) is 2.16. The van der Waals surface area contributed by atoms with Gasteiger partial charge in [-0.1, -0.05) is 6.07 Å². The third kappa shape index (κ3) is 4.92. The first-order valence-corrected chi connectivity index (χ1v) is 9.13. The van der Waals surface area contributed by atoms with E-state index in [-0.39, 0.29) is 18.2 Å². The molecule has 3 rings (SSSR count). The Kier molecular flexibility index (Phi) is 6.71. The van der Waals surface area contributed by atoms with E-state index in [2.05, 4.69) is 5.32 Å². The lowest BCUT2D eigenvalue weighted by molar-refractivity contribution is 0.0669. The van der Waals surface area contributed by atoms with Crippen LogP contribution in [0, 0.1) is 5.82 Å². The molecule has 1 unspecified atom stereocenters. The molecule has 7 heteroatoms. The second-order valence-electron chi connectivity index (χ2n) is 6.46. The zero-order chi connectivity index (χ0) is 19.9. The number of halogens is 1. The van der Waals surface area contributed by atoms with Crippen LogP contribution < -0.4 is 19.5 Å². The van der Waals surface area contributed by atoms with Crippen LogP contribution in [0.15, 0.2) is 36.4 Å². The number of hydrogen-bond donors (Lipinski definition) is 1. The summed E-state index contributed by atoms with van der Waals surface area (Å²) in [6, 6.07) is 9.53. The molecule has 1 saturated heterocycles. The maximum absolute atomic E-state index is 14.0. The Bertz CT molecular complexity index is 820. The van der Waals surface area contributed by atoms with Gasteiger partial charge in [-0.2, -0.15) is 0 Å². The molecule has 150 valence electrons. The fourth-order valence-electron chi connectivity index (χ4n) is 2.98. The summed E-state index contributed by atoms with van der Waals surface area (Å²) in [6.45, 7) is 1.48. The normalized spacial score (nSPS) is 15.9. The van der Waals surface area contributed by atoms with Crippen LogP contribution in [0.1, 0.15) is 28.8 Å². The molecule has 2 aromatic carbocycles. The molecule has 0 saturated carbocycles. The maximum Gasteiger partial charge on any atom is 0.254 e. The predicted molar refractivity (Wildman–Crippen MR) is 102 cm³/mol. The van der Waals surface area contributed by atoms with Crippen molar-refractivity contribution in [2.24, 2.45) is 0 Å². The molecule has 0 aromatic heterocycles. The highest BCUT2D eigenvalue weighted by Gasteiger charge is 2.17. The Morgan fingerprint density at radius 1 is 1.18 bits per heavy atom. The summed E-state index contributed by atoms with van der Waals surface area (Å²) in [5.74, 6) is 0.414. The average molecular weight is 389 g/mol. The lowest BCUT2D eigenvalue weighted by atomic mass is 10.1. The standard InChI is InChI=1S/C21H24FNO5/c1-25-15-6-7-17(18(22)11-15)21(24)23-12-14-5-8-19(20(10-14)26-2)28-13-16-4-3-9-27-16/h5-8,10-11,16H,3-4,9,12-13H2,1-2H3,(H,23,24). The molecule has 0 radical (unpaired) electrons. The van der Waals surface area contributed by atoms with Gasteiger partial charge in [0.2, 0.25) is 0 Å². The van der Waals surface area contributed by atoms with E-state index in [1.807, 2.05) is 6.07 Å². The van der Waals surface area contributed by atoms with E-state index in [0.29, 0.717) is 23.9 Å². The monoisotopic (exact) mass is 389 g/mol. The van der Waals surface area contributed by atoms with Crippen LogP contribution in [0.4, 0.5) is 4.39 Å². The molecule has 0 aliphatic carbocycles. The number of hydrogen-bond acceptors (Lipinski definition) is 5. The van der Waals surface area contributed by atoms with Crippen molar-refractivity contribution >= 4 is 5.91 Å². The van der Waals surface area contributed by atoms with Gasteiger partial charge in [-0.3, -0.25) is 4.79 Å². The fourth-order valence-corrected chi connectivity index (χ4v) is 2.98. The molecule has 1 fully saturated rings. The third-order valence-electron chi connectivity index (χ3n) is 4.55. The molecular formula is C21H24FNO5. The van der Waals surface area contributed by atoms with Gasteiger partial charge in [0, 0.05) is 19.2 Å². The molecule has 1 N–H and O–H groups in total. The van der Waals surface area contributed by atoms with Crippen LogP contribution in [0.25, 0.3) is 0 Å². The second-order valence-corrected chi connectivity index (χ2v) is 6.46. The van der Waals surface area contributed by atoms with Gasteiger partial charge in [0.05, 0.1) is 25.9 Å². The van der Waals surface area contributed by atoms with Crippen molar-refractivity contribution in [2.45, 2.75) is 25.5 Å². The van der Waals surface area contributed by atoms with Gasteiger partial charge in [0.1, 0.15) is 18.2 Å². The summed E-state index contributed by atoms with van der Waals surface area (Å²) in [7, 11) is 3.00. The Hall–Kier alpha value is -2.80. The van der Waals surface area contributed by atoms with Crippen molar-refractivity contribution in [1.29, 1.82) is 0 Å². The van der Waals surface area contributed by atoms with Crippen LogP contribution in [0.3, 0.4) is 0 Å². The maximum atomic E-state index is 14.0. The van der Waals surface area contributed by atoms with Crippen LogP contribution in [-0.4, -0.2) is 39.4 Å². The van der Waals surface area contributed by atoms with Gasteiger partial charge in [-0.25, -0.2) is 4.39 Å². The molecule has 28 heavy (non-hydrogen) atoms. The van der Waals surface area contributed by atoms with E-state index in [1.165, 1.54) is 19.2 Å². The topological polar surface area (TPSA) is 66.0 Å². The second kappa shape index (κ2) is 9.41. The van der Waals surface area contributed by atoms with E-state index in [1.54, 1.807) is 25.3 Å². The number of rotatable bonds is 8. The zero-order valence-electron chi connectivity index (χ0n) is 16.0. The fraction of sp³-hybridized carbons (Fsp3) is 0.381. The van der Waals surface area contributed by atoms with E-state index < -0.39 is 11.7 Å². The Morgan fingerprint density at radius 3 is 2.71 bits per heavy atom. The Balaban J connectivity index is 1.60. The Labute approximate surface area is 163 Å². The van der Waals surface area contributed by atoms with Gasteiger partial charge < -0.3 is 24.3 Å². The molecule has 1 amide bonds. The zero-order valence-corrected chi connectivity index (χ0v) is 16.0. The van der Waals surface area contributed by atoms with Crippen molar-refractivity contribution in [3.05, 3.63) is 53.3 Å². The van der Waals surface area contributed by atoms with E-state index in [0.717, 1.165) is 25.0 Å². The van der Waals surface area contributed by atoms with Crippen molar-refractivity contribution in [1.82, 2.24) is 5.32 Å². The van der Waals surface area contributed by atoms with Gasteiger partial charge in [0.25, 0.3) is 5.91 Å². The lowest BCUT2D eigenvalue weighted by Crippen LogP contribution is -2.24. The summed E-state index contributed by atoms with van der Waals surface area (Å²) in [4.78, 5) is 12.2. The first-order chi connectivity index (χ1) is 13.6. The largest absolute Gasteiger partial charge is 0.497 e. The number of nitrogens with one attached hydrogen (secondary N) is 1. The predicted octanol–water partition coefficient (Wildman–Crippen LogP) is 3.33. The summed E-state index contributed by atoms with van der Waals surface area (Å²) in [5.41, 5.74) is 0.771. The minimum absolute atomic E-state index is 0.0377. The van der Waals surface area contributed by atoms with Crippen molar-refractivity contribution < 1.29 is 28.1 Å². The summed E-state index contributed by atoms with van der Waals surface area (Å²) < 4.78 is 35.7. The van der Waals surface area contributed by atoms with Gasteiger partial charge in [0.15, 0.2) is 11.5 Å². The first kappa shape index (κ1) is 19.9. The van der Waals surface area contributed by atoms with E-state index in [9.17, 15) is 9.18 Å². The van der Waals surface area contributed by atoms with Crippen molar-refractivity contribution in [2.75, 3.05) is 27.4 Å². The number of carbonyl (C=O) groups excluding carboxylic acids is 1. The minimum atomic E-state index is -0.632. The van der Waals surface area contributed by atoms with Crippen LogP contribution in [0.5, 0.6) is 17.2 Å². The molecule has 1 aliphatic rings. The van der Waals surface area contributed by atoms with Crippen LogP contribution in [0.2, 0.25) is 0 Å². The van der Waals surface area contributed by atoms with E-state index >= 15 is 0 Å². The summed E-state index contributed by atoms with van der Waals surface area (Å²) in [5, 5.41) is 2.70. The smallest absolute Gasteiger partial charge is 0.254 e. The van der Waals surface area contributed by atoms with Gasteiger partial charge in [-0.05, 0) is 42.7 Å². The van der Waals surface area contributed by atoms with Crippen molar-refractivity contribution in [3.63, 3.8) is 0 Å². The lowest BCUT2D eigenvalue weighted by Gasteiger charge is -2.15.